The van der Waals surface area contributed by atoms with Gasteiger partial charge in [0.2, 0.25) is 0 Å². The molecule has 0 amide bonds. The summed E-state index contributed by atoms with van der Waals surface area (Å²) < 4.78 is 27.1. The average Bonchev–Trinajstić information content (AvgIpc) is 2.67. The molecule has 5 heteroatoms. The topological polar surface area (TPSA) is 26.0 Å². The standard InChI is InChI=1S/C11H8ClF2NS/c12-6-4-7(13)10(8(14)5-6)11(15)9-2-1-3-16-9/h1-5,11H,15H2/t11-/m0/s1. The van der Waals surface area contributed by atoms with Gasteiger partial charge < -0.3 is 5.73 Å². The van der Waals surface area contributed by atoms with E-state index in [4.69, 9.17) is 17.3 Å². The van der Waals surface area contributed by atoms with E-state index in [0.29, 0.717) is 4.88 Å². The SMILES string of the molecule is N[C@@H](c1cccs1)c1c(F)cc(Cl)cc1F. The van der Waals surface area contributed by atoms with Crippen LogP contribution in [0, 0.1) is 11.6 Å². The van der Waals surface area contributed by atoms with Crippen LogP contribution in [0.15, 0.2) is 29.6 Å². The van der Waals surface area contributed by atoms with Gasteiger partial charge in [0.05, 0.1) is 6.04 Å². The van der Waals surface area contributed by atoms with Crippen molar-refractivity contribution in [3.63, 3.8) is 0 Å². The van der Waals surface area contributed by atoms with E-state index < -0.39 is 17.7 Å². The molecule has 0 radical (unpaired) electrons. The lowest BCUT2D eigenvalue weighted by Gasteiger charge is -2.12. The highest BCUT2D eigenvalue weighted by molar-refractivity contribution is 7.10. The maximum absolute atomic E-state index is 13.6. The van der Waals surface area contributed by atoms with Crippen LogP contribution in [0.3, 0.4) is 0 Å². The number of rotatable bonds is 2. The largest absolute Gasteiger partial charge is 0.319 e. The van der Waals surface area contributed by atoms with E-state index in [1.165, 1.54) is 11.3 Å². The highest BCUT2D eigenvalue weighted by atomic mass is 35.5. The van der Waals surface area contributed by atoms with Crippen molar-refractivity contribution in [2.45, 2.75) is 6.04 Å². The predicted molar refractivity (Wildman–Crippen MR) is 61.7 cm³/mol. The van der Waals surface area contributed by atoms with Crippen LogP contribution >= 0.6 is 22.9 Å². The summed E-state index contributed by atoms with van der Waals surface area (Å²) in [6.45, 7) is 0. The van der Waals surface area contributed by atoms with Gasteiger partial charge in [-0.15, -0.1) is 11.3 Å². The fourth-order valence-electron chi connectivity index (χ4n) is 1.46. The van der Waals surface area contributed by atoms with E-state index >= 15 is 0 Å². The summed E-state index contributed by atoms with van der Waals surface area (Å²) in [6.07, 6.45) is 0. The third-order valence-corrected chi connectivity index (χ3v) is 3.38. The van der Waals surface area contributed by atoms with Crippen molar-refractivity contribution in [1.82, 2.24) is 0 Å². The zero-order valence-electron chi connectivity index (χ0n) is 8.08. The van der Waals surface area contributed by atoms with Crippen molar-refractivity contribution < 1.29 is 8.78 Å². The molecular formula is C11H8ClF2NS. The van der Waals surface area contributed by atoms with Crippen molar-refractivity contribution in [2.24, 2.45) is 5.73 Å². The second-order valence-electron chi connectivity index (χ2n) is 3.28. The summed E-state index contributed by atoms with van der Waals surface area (Å²) in [5.74, 6) is -1.43. The summed E-state index contributed by atoms with van der Waals surface area (Å²) in [5.41, 5.74) is 5.65. The molecule has 0 fully saturated rings. The Bertz CT molecular complexity index is 476. The minimum absolute atomic E-state index is 0.0251. The molecule has 0 saturated heterocycles. The third-order valence-electron chi connectivity index (χ3n) is 2.20. The summed E-state index contributed by atoms with van der Waals surface area (Å²) in [5, 5.41) is 1.83. The molecule has 1 atom stereocenters. The van der Waals surface area contributed by atoms with Crippen LogP contribution in [0.1, 0.15) is 16.5 Å². The van der Waals surface area contributed by atoms with Crippen LogP contribution in [0.25, 0.3) is 0 Å². The first-order valence-corrected chi connectivity index (χ1v) is 5.79. The van der Waals surface area contributed by atoms with Crippen molar-refractivity contribution in [1.29, 1.82) is 0 Å². The Balaban J connectivity index is 2.48. The van der Waals surface area contributed by atoms with Gasteiger partial charge in [0, 0.05) is 15.5 Å². The van der Waals surface area contributed by atoms with Crippen LogP contribution in [0.2, 0.25) is 5.02 Å². The molecule has 16 heavy (non-hydrogen) atoms. The second-order valence-corrected chi connectivity index (χ2v) is 4.69. The second kappa shape index (κ2) is 4.49. The summed E-state index contributed by atoms with van der Waals surface area (Å²) in [6, 6.07) is 4.85. The van der Waals surface area contributed by atoms with Crippen LogP contribution < -0.4 is 5.73 Å². The molecule has 2 rings (SSSR count). The van der Waals surface area contributed by atoms with Crippen LogP contribution in [-0.2, 0) is 0 Å². The highest BCUT2D eigenvalue weighted by Crippen LogP contribution is 2.29. The predicted octanol–water partition coefficient (Wildman–Crippen LogP) is 3.73. The zero-order chi connectivity index (χ0) is 11.7. The number of benzene rings is 1. The molecule has 84 valence electrons. The molecule has 1 heterocycles. The number of hydrogen-bond donors (Lipinski definition) is 1. The number of thiophene rings is 1. The molecular weight excluding hydrogens is 252 g/mol. The van der Waals surface area contributed by atoms with Gasteiger partial charge in [-0.25, -0.2) is 8.78 Å². The van der Waals surface area contributed by atoms with Crippen LogP contribution in [0.4, 0.5) is 8.78 Å². The molecule has 1 nitrogen and oxygen atoms in total. The minimum Gasteiger partial charge on any atom is -0.319 e. The fourth-order valence-corrected chi connectivity index (χ4v) is 2.39. The Hall–Kier alpha value is -0.970. The Morgan fingerprint density at radius 2 is 1.88 bits per heavy atom. The van der Waals surface area contributed by atoms with Gasteiger partial charge in [0.1, 0.15) is 11.6 Å². The van der Waals surface area contributed by atoms with Crippen LogP contribution in [0.5, 0.6) is 0 Å². The molecule has 1 aromatic carbocycles. The molecule has 2 N–H and O–H groups in total. The minimum atomic E-state index is -0.794. The summed E-state index contributed by atoms with van der Waals surface area (Å²) >= 11 is 6.89. The average molecular weight is 260 g/mol. The van der Waals surface area contributed by atoms with Gasteiger partial charge in [-0.05, 0) is 23.6 Å². The fraction of sp³-hybridized carbons (Fsp3) is 0.0909. The van der Waals surface area contributed by atoms with E-state index in [1.54, 1.807) is 17.5 Å². The van der Waals surface area contributed by atoms with E-state index in [1.807, 2.05) is 0 Å². The van der Waals surface area contributed by atoms with Crippen molar-refractivity contribution in [3.8, 4) is 0 Å². The van der Waals surface area contributed by atoms with Gasteiger partial charge in [-0.3, -0.25) is 0 Å². The highest BCUT2D eigenvalue weighted by Gasteiger charge is 2.19. The smallest absolute Gasteiger partial charge is 0.132 e. The number of hydrogen-bond acceptors (Lipinski definition) is 2. The Morgan fingerprint density at radius 3 is 2.38 bits per heavy atom. The molecule has 0 bridgehead atoms. The van der Waals surface area contributed by atoms with E-state index in [0.717, 1.165) is 12.1 Å². The molecule has 2 aromatic rings. The first-order chi connectivity index (χ1) is 7.59. The van der Waals surface area contributed by atoms with E-state index in [2.05, 4.69) is 0 Å². The molecule has 0 aliphatic heterocycles. The molecule has 0 saturated carbocycles. The van der Waals surface area contributed by atoms with Crippen LogP contribution in [-0.4, -0.2) is 0 Å². The quantitative estimate of drug-likeness (QED) is 0.874. The monoisotopic (exact) mass is 259 g/mol. The molecule has 0 unspecified atom stereocenters. The summed E-state index contributed by atoms with van der Waals surface area (Å²) in [4.78, 5) is 0.708. The normalized spacial score (nSPS) is 12.8. The van der Waals surface area contributed by atoms with Crippen molar-refractivity contribution >= 4 is 22.9 Å². The Labute approximate surface area is 100 Å². The first kappa shape index (κ1) is 11.5. The molecule has 1 aromatic heterocycles. The number of nitrogens with two attached hydrogens (primary N) is 1. The lowest BCUT2D eigenvalue weighted by Crippen LogP contribution is -2.14. The maximum atomic E-state index is 13.6. The van der Waals surface area contributed by atoms with Gasteiger partial charge >= 0.3 is 0 Å². The first-order valence-electron chi connectivity index (χ1n) is 4.53. The van der Waals surface area contributed by atoms with Crippen molar-refractivity contribution in [3.05, 3.63) is 56.7 Å². The van der Waals surface area contributed by atoms with Gasteiger partial charge in [-0.1, -0.05) is 17.7 Å². The zero-order valence-corrected chi connectivity index (χ0v) is 9.66. The molecule has 0 spiro atoms. The lowest BCUT2D eigenvalue weighted by molar-refractivity contribution is 0.545. The maximum Gasteiger partial charge on any atom is 0.132 e. The third kappa shape index (κ3) is 2.09. The van der Waals surface area contributed by atoms with Crippen molar-refractivity contribution in [2.75, 3.05) is 0 Å². The molecule has 0 aliphatic carbocycles. The van der Waals surface area contributed by atoms with E-state index in [-0.39, 0.29) is 10.6 Å². The van der Waals surface area contributed by atoms with Gasteiger partial charge in [0.25, 0.3) is 0 Å². The lowest BCUT2D eigenvalue weighted by atomic mass is 10.1. The van der Waals surface area contributed by atoms with E-state index in [9.17, 15) is 8.78 Å². The Kier molecular flexibility index (Phi) is 3.23. The van der Waals surface area contributed by atoms with Gasteiger partial charge in [0.15, 0.2) is 0 Å². The number of halogens is 3. The van der Waals surface area contributed by atoms with Gasteiger partial charge in [-0.2, -0.15) is 0 Å². The summed E-state index contributed by atoms with van der Waals surface area (Å²) in [7, 11) is 0. The Morgan fingerprint density at radius 1 is 1.25 bits per heavy atom. The molecule has 0 aliphatic rings.